The largest absolute Gasteiger partial charge is 0.393 e. The molecule has 0 aromatic carbocycles. The van der Waals surface area contributed by atoms with E-state index in [1.165, 1.54) is 0 Å². The van der Waals surface area contributed by atoms with Gasteiger partial charge in [-0.15, -0.1) is 0 Å². The third-order valence-electron chi connectivity index (χ3n) is 1.84. The Balaban J connectivity index is 2.49. The summed E-state index contributed by atoms with van der Waals surface area (Å²) in [6.07, 6.45) is 2.63. The fourth-order valence-corrected chi connectivity index (χ4v) is 1.55. The van der Waals surface area contributed by atoms with Gasteiger partial charge in [0.25, 0.3) is 0 Å². The molecule has 0 aromatic rings. The molecule has 0 amide bonds. The summed E-state index contributed by atoms with van der Waals surface area (Å²) in [6.45, 7) is 0. The number of hydrogen-bond donors (Lipinski definition) is 2. The summed E-state index contributed by atoms with van der Waals surface area (Å²) >= 11 is 4.75. The lowest BCUT2D eigenvalue weighted by Crippen LogP contribution is -2.27. The summed E-state index contributed by atoms with van der Waals surface area (Å²) in [7, 11) is 0. The Morgan fingerprint density at radius 1 is 1.56 bits per heavy atom. The molecule has 0 aromatic heterocycles. The van der Waals surface area contributed by atoms with E-state index >= 15 is 0 Å². The van der Waals surface area contributed by atoms with Crippen LogP contribution in [0.1, 0.15) is 19.3 Å². The van der Waals surface area contributed by atoms with Crippen LogP contribution in [0.5, 0.6) is 0 Å². The standard InChI is InChI=1S/C6H11NOS/c7-6(9)4-2-1-3-5(4)8/h4-5,8H,1-3H2,(H2,7,9). The molecule has 1 aliphatic carbocycles. The molecule has 0 bridgehead atoms. The van der Waals surface area contributed by atoms with Gasteiger partial charge in [0.05, 0.1) is 11.1 Å². The van der Waals surface area contributed by atoms with Crippen LogP contribution in [0, 0.1) is 5.92 Å². The quantitative estimate of drug-likeness (QED) is 0.526. The van der Waals surface area contributed by atoms with Crippen LogP contribution in [0.2, 0.25) is 0 Å². The zero-order chi connectivity index (χ0) is 6.85. The van der Waals surface area contributed by atoms with Gasteiger partial charge in [-0.2, -0.15) is 0 Å². The molecule has 0 aliphatic heterocycles. The highest BCUT2D eigenvalue weighted by molar-refractivity contribution is 7.80. The van der Waals surface area contributed by atoms with E-state index in [0.29, 0.717) is 4.99 Å². The van der Waals surface area contributed by atoms with Gasteiger partial charge < -0.3 is 10.8 Å². The van der Waals surface area contributed by atoms with Gasteiger partial charge >= 0.3 is 0 Å². The van der Waals surface area contributed by atoms with Gasteiger partial charge in [-0.05, 0) is 12.8 Å². The highest BCUT2D eigenvalue weighted by Crippen LogP contribution is 2.25. The zero-order valence-electron chi connectivity index (χ0n) is 5.21. The maximum atomic E-state index is 9.19. The van der Waals surface area contributed by atoms with Crippen LogP contribution in [0.4, 0.5) is 0 Å². The van der Waals surface area contributed by atoms with Crippen molar-refractivity contribution in [3.8, 4) is 0 Å². The number of nitrogens with two attached hydrogens (primary N) is 1. The Hall–Kier alpha value is -0.150. The van der Waals surface area contributed by atoms with E-state index in [9.17, 15) is 5.11 Å². The van der Waals surface area contributed by atoms with E-state index < -0.39 is 0 Å². The average molecular weight is 145 g/mol. The van der Waals surface area contributed by atoms with E-state index in [-0.39, 0.29) is 12.0 Å². The summed E-state index contributed by atoms with van der Waals surface area (Å²) in [5, 5.41) is 9.19. The predicted molar refractivity (Wildman–Crippen MR) is 40.1 cm³/mol. The van der Waals surface area contributed by atoms with Crippen molar-refractivity contribution in [3.05, 3.63) is 0 Å². The molecule has 3 N–H and O–H groups in total. The Kier molecular flexibility index (Phi) is 2.03. The number of rotatable bonds is 1. The van der Waals surface area contributed by atoms with Gasteiger partial charge in [-0.25, -0.2) is 0 Å². The number of aliphatic hydroxyl groups is 1. The van der Waals surface area contributed by atoms with Crippen molar-refractivity contribution in [3.63, 3.8) is 0 Å². The zero-order valence-corrected chi connectivity index (χ0v) is 6.03. The molecule has 1 fully saturated rings. The van der Waals surface area contributed by atoms with Gasteiger partial charge in [0.15, 0.2) is 0 Å². The first-order valence-corrected chi connectivity index (χ1v) is 3.60. The van der Waals surface area contributed by atoms with Crippen molar-refractivity contribution in [1.82, 2.24) is 0 Å². The summed E-state index contributed by atoms with van der Waals surface area (Å²) in [6, 6.07) is 0. The molecule has 52 valence electrons. The minimum absolute atomic E-state index is 0.0972. The number of thiocarbonyl (C=S) groups is 1. The second-order valence-electron chi connectivity index (χ2n) is 2.51. The molecule has 1 saturated carbocycles. The van der Waals surface area contributed by atoms with Crippen LogP contribution in [0.15, 0.2) is 0 Å². The van der Waals surface area contributed by atoms with E-state index in [1.807, 2.05) is 0 Å². The van der Waals surface area contributed by atoms with Gasteiger partial charge in [0, 0.05) is 5.92 Å². The van der Waals surface area contributed by atoms with Crippen molar-refractivity contribution >= 4 is 17.2 Å². The van der Waals surface area contributed by atoms with Crippen LogP contribution in [-0.4, -0.2) is 16.2 Å². The number of aliphatic hydroxyl groups excluding tert-OH is 1. The molecule has 2 atom stereocenters. The van der Waals surface area contributed by atoms with Crippen LogP contribution >= 0.6 is 12.2 Å². The Labute approximate surface area is 60.1 Å². The first-order chi connectivity index (χ1) is 4.22. The van der Waals surface area contributed by atoms with Crippen molar-refractivity contribution in [2.75, 3.05) is 0 Å². The number of hydrogen-bond acceptors (Lipinski definition) is 2. The smallest absolute Gasteiger partial charge is 0.0784 e. The molecular weight excluding hydrogens is 134 g/mol. The lowest BCUT2D eigenvalue weighted by Gasteiger charge is -2.10. The van der Waals surface area contributed by atoms with E-state index in [4.69, 9.17) is 18.0 Å². The van der Waals surface area contributed by atoms with Crippen molar-refractivity contribution in [2.45, 2.75) is 25.4 Å². The highest BCUT2D eigenvalue weighted by atomic mass is 32.1. The fraction of sp³-hybridized carbons (Fsp3) is 0.833. The Morgan fingerprint density at radius 3 is 2.44 bits per heavy atom. The molecule has 0 spiro atoms. The van der Waals surface area contributed by atoms with Gasteiger partial charge in [0.1, 0.15) is 0 Å². The molecule has 2 unspecified atom stereocenters. The van der Waals surface area contributed by atoms with E-state index in [0.717, 1.165) is 19.3 Å². The Bertz CT molecular complexity index is 126. The molecule has 0 saturated heterocycles. The van der Waals surface area contributed by atoms with E-state index in [1.54, 1.807) is 0 Å². The lowest BCUT2D eigenvalue weighted by atomic mass is 10.1. The molecule has 1 rings (SSSR count). The summed E-state index contributed by atoms with van der Waals surface area (Å²) in [4.78, 5) is 0.472. The first kappa shape index (κ1) is 6.96. The maximum absolute atomic E-state index is 9.19. The van der Waals surface area contributed by atoms with Crippen LogP contribution < -0.4 is 5.73 Å². The normalized spacial score (nSPS) is 34.8. The molecule has 1 aliphatic rings. The monoisotopic (exact) mass is 145 g/mol. The lowest BCUT2D eigenvalue weighted by molar-refractivity contribution is 0.161. The highest BCUT2D eigenvalue weighted by Gasteiger charge is 2.26. The van der Waals surface area contributed by atoms with Crippen LogP contribution in [0.25, 0.3) is 0 Å². The summed E-state index contributed by atoms with van der Waals surface area (Å²) in [5.41, 5.74) is 5.36. The molecule has 0 radical (unpaired) electrons. The summed E-state index contributed by atoms with van der Waals surface area (Å²) < 4.78 is 0. The minimum atomic E-state index is -0.262. The van der Waals surface area contributed by atoms with E-state index in [2.05, 4.69) is 0 Å². The molecule has 2 nitrogen and oxygen atoms in total. The maximum Gasteiger partial charge on any atom is 0.0784 e. The minimum Gasteiger partial charge on any atom is -0.393 e. The molecule has 9 heavy (non-hydrogen) atoms. The Morgan fingerprint density at radius 2 is 2.22 bits per heavy atom. The van der Waals surface area contributed by atoms with Crippen molar-refractivity contribution in [1.29, 1.82) is 0 Å². The van der Waals surface area contributed by atoms with Crippen LogP contribution in [-0.2, 0) is 0 Å². The third kappa shape index (κ3) is 1.40. The average Bonchev–Trinajstić information content (AvgIpc) is 2.13. The van der Waals surface area contributed by atoms with Crippen molar-refractivity contribution < 1.29 is 5.11 Å². The molecular formula is C6H11NOS. The molecule has 3 heteroatoms. The molecule has 0 heterocycles. The van der Waals surface area contributed by atoms with Gasteiger partial charge in [0.2, 0.25) is 0 Å². The van der Waals surface area contributed by atoms with Crippen molar-refractivity contribution in [2.24, 2.45) is 11.7 Å². The first-order valence-electron chi connectivity index (χ1n) is 3.19. The second kappa shape index (κ2) is 2.62. The SMILES string of the molecule is NC(=S)C1CCCC1O. The topological polar surface area (TPSA) is 46.2 Å². The summed E-state index contributed by atoms with van der Waals surface area (Å²) in [5.74, 6) is 0.0972. The van der Waals surface area contributed by atoms with Gasteiger partial charge in [-0.1, -0.05) is 18.6 Å². The predicted octanol–water partition coefficient (Wildman–Crippen LogP) is 0.434. The fourth-order valence-electron chi connectivity index (χ4n) is 1.27. The second-order valence-corrected chi connectivity index (χ2v) is 2.98. The van der Waals surface area contributed by atoms with Gasteiger partial charge in [-0.3, -0.25) is 0 Å². The third-order valence-corrected chi connectivity index (χ3v) is 2.15. The van der Waals surface area contributed by atoms with Crippen LogP contribution in [0.3, 0.4) is 0 Å².